The van der Waals surface area contributed by atoms with E-state index in [-0.39, 0.29) is 31.1 Å². The molecule has 0 saturated carbocycles. The van der Waals surface area contributed by atoms with Crippen LogP contribution in [-0.2, 0) is 28.6 Å². The lowest BCUT2D eigenvalue weighted by Crippen LogP contribution is -2.30. The molecule has 0 heterocycles. The van der Waals surface area contributed by atoms with E-state index >= 15 is 0 Å². The molecule has 0 radical (unpaired) electrons. The number of hydrogen-bond acceptors (Lipinski definition) is 6. The molecule has 0 N–H and O–H groups in total. The van der Waals surface area contributed by atoms with Gasteiger partial charge in [-0.1, -0.05) is 268 Å². The molecule has 6 nitrogen and oxygen atoms in total. The first-order valence-corrected chi connectivity index (χ1v) is 31.7. The maximum absolute atomic E-state index is 12.9. The molecule has 0 fully saturated rings. The summed E-state index contributed by atoms with van der Waals surface area (Å²) in [6.07, 6.45) is 75.3. The Balaban J connectivity index is 4.37. The zero-order valence-corrected chi connectivity index (χ0v) is 48.2. The summed E-state index contributed by atoms with van der Waals surface area (Å²) in [6.45, 7) is 6.64. The van der Waals surface area contributed by atoms with E-state index in [1.807, 2.05) is 0 Å². The predicted octanol–water partition coefficient (Wildman–Crippen LogP) is 21.4. The number of unbranched alkanes of at least 4 members (excludes halogenated alkanes) is 40. The smallest absolute Gasteiger partial charge is 0.306 e. The molecule has 0 aliphatic rings. The molecular formula is C66H120O6. The van der Waals surface area contributed by atoms with Crippen LogP contribution in [0.5, 0.6) is 0 Å². The van der Waals surface area contributed by atoms with Gasteiger partial charge in [0.25, 0.3) is 0 Å². The summed E-state index contributed by atoms with van der Waals surface area (Å²) in [6, 6.07) is 0. The van der Waals surface area contributed by atoms with Gasteiger partial charge >= 0.3 is 17.9 Å². The van der Waals surface area contributed by atoms with Crippen molar-refractivity contribution in [3.05, 3.63) is 48.6 Å². The summed E-state index contributed by atoms with van der Waals surface area (Å²) < 4.78 is 16.9. The van der Waals surface area contributed by atoms with Gasteiger partial charge in [0.05, 0.1) is 0 Å². The predicted molar refractivity (Wildman–Crippen MR) is 312 cm³/mol. The van der Waals surface area contributed by atoms with E-state index < -0.39 is 6.10 Å². The van der Waals surface area contributed by atoms with Gasteiger partial charge in [-0.25, -0.2) is 0 Å². The first-order valence-electron chi connectivity index (χ1n) is 31.7. The van der Waals surface area contributed by atoms with E-state index in [4.69, 9.17) is 14.2 Å². The highest BCUT2D eigenvalue weighted by atomic mass is 16.6. The molecule has 72 heavy (non-hydrogen) atoms. The Morgan fingerprint density at radius 1 is 0.278 bits per heavy atom. The third-order valence-electron chi connectivity index (χ3n) is 14.1. The number of ether oxygens (including phenoxy) is 3. The van der Waals surface area contributed by atoms with Crippen LogP contribution < -0.4 is 0 Å². The first-order chi connectivity index (χ1) is 35.5. The quantitative estimate of drug-likeness (QED) is 0.0199. The van der Waals surface area contributed by atoms with Gasteiger partial charge in [-0.15, -0.1) is 0 Å². The molecule has 6 heteroatoms. The number of allylic oxidation sites excluding steroid dienone is 8. The Labute approximate surface area is 448 Å². The van der Waals surface area contributed by atoms with Crippen molar-refractivity contribution in [2.45, 2.75) is 341 Å². The molecule has 0 bridgehead atoms. The molecule has 0 rings (SSSR count). The Morgan fingerprint density at radius 3 is 0.806 bits per heavy atom. The van der Waals surface area contributed by atoms with E-state index in [1.165, 1.54) is 231 Å². The highest BCUT2D eigenvalue weighted by Crippen LogP contribution is 2.16. The normalized spacial score (nSPS) is 12.3. The second-order valence-corrected chi connectivity index (χ2v) is 21.3. The Kier molecular flexibility index (Phi) is 58.7. The van der Waals surface area contributed by atoms with Gasteiger partial charge in [-0.3, -0.25) is 14.4 Å². The monoisotopic (exact) mass is 1010 g/mol. The average molecular weight is 1010 g/mol. The van der Waals surface area contributed by atoms with Crippen molar-refractivity contribution in [3.63, 3.8) is 0 Å². The molecular weight excluding hydrogens is 889 g/mol. The van der Waals surface area contributed by atoms with Crippen LogP contribution in [0, 0.1) is 0 Å². The second-order valence-electron chi connectivity index (χ2n) is 21.3. The third kappa shape index (κ3) is 58.3. The minimum absolute atomic E-state index is 0.0772. The third-order valence-corrected chi connectivity index (χ3v) is 14.1. The largest absolute Gasteiger partial charge is 0.462 e. The molecule has 0 aliphatic carbocycles. The molecule has 0 saturated heterocycles. The van der Waals surface area contributed by atoms with Crippen LogP contribution in [0.15, 0.2) is 48.6 Å². The summed E-state index contributed by atoms with van der Waals surface area (Å²) in [7, 11) is 0. The number of carbonyl (C=O) groups excluding carboxylic acids is 3. The molecule has 0 aromatic heterocycles. The lowest BCUT2D eigenvalue weighted by Gasteiger charge is -2.18. The molecule has 0 aromatic carbocycles. The van der Waals surface area contributed by atoms with Crippen LogP contribution >= 0.6 is 0 Å². The van der Waals surface area contributed by atoms with Crippen LogP contribution in [0.2, 0.25) is 0 Å². The topological polar surface area (TPSA) is 78.9 Å². The lowest BCUT2D eigenvalue weighted by atomic mass is 10.1. The number of carbonyl (C=O) groups is 3. The fourth-order valence-corrected chi connectivity index (χ4v) is 9.25. The van der Waals surface area contributed by atoms with E-state index in [0.717, 1.165) is 64.2 Å². The number of hydrogen-bond donors (Lipinski definition) is 0. The molecule has 1 atom stereocenters. The van der Waals surface area contributed by atoms with Crippen LogP contribution in [-0.4, -0.2) is 37.2 Å². The summed E-state index contributed by atoms with van der Waals surface area (Å²) >= 11 is 0. The zero-order chi connectivity index (χ0) is 52.2. The maximum Gasteiger partial charge on any atom is 0.306 e. The van der Waals surface area contributed by atoms with Crippen LogP contribution in [0.1, 0.15) is 335 Å². The first kappa shape index (κ1) is 69.4. The number of esters is 3. The van der Waals surface area contributed by atoms with E-state index in [2.05, 4.69) is 69.4 Å². The Morgan fingerprint density at radius 2 is 0.500 bits per heavy atom. The summed E-state index contributed by atoms with van der Waals surface area (Å²) in [5.74, 6) is -0.874. The van der Waals surface area contributed by atoms with Gasteiger partial charge in [0.15, 0.2) is 6.10 Å². The van der Waals surface area contributed by atoms with Crippen LogP contribution in [0.25, 0.3) is 0 Å². The lowest BCUT2D eigenvalue weighted by molar-refractivity contribution is -0.167. The van der Waals surface area contributed by atoms with Crippen LogP contribution in [0.3, 0.4) is 0 Å². The van der Waals surface area contributed by atoms with E-state index in [1.54, 1.807) is 0 Å². The van der Waals surface area contributed by atoms with Crippen molar-refractivity contribution < 1.29 is 28.6 Å². The SMILES string of the molecule is CCCCC/C=C\C=C/CCCCCCCCCCCCC(=O)OCC(COC(=O)CCCCCCC/C=C\CCCCCCCCC)OC(=O)CCCCCCCCC/C=C\CCCCCCCCCC. The van der Waals surface area contributed by atoms with Crippen molar-refractivity contribution in [3.8, 4) is 0 Å². The minimum atomic E-state index is -0.780. The summed E-state index contributed by atoms with van der Waals surface area (Å²) in [5.41, 5.74) is 0. The van der Waals surface area contributed by atoms with Gasteiger partial charge in [0.2, 0.25) is 0 Å². The second kappa shape index (κ2) is 60.9. The standard InChI is InChI=1S/C66H120O6/c1-4-7-10-13-16-19-22-25-28-31-33-35-38-41-44-47-50-53-56-59-65(68)71-62-63(61-70-64(67)58-55-52-49-46-43-40-37-30-27-24-21-18-15-12-9-6-3)72-66(69)60-57-54-51-48-45-42-39-36-34-32-29-26-23-20-17-14-11-8-5-2/h16,19,22,25,30,32,34,37,63H,4-15,17-18,20-21,23-24,26-29,31,33,35-36,38-62H2,1-3H3/b19-16-,25-22-,34-32-,37-30-. The fourth-order valence-electron chi connectivity index (χ4n) is 9.25. The minimum Gasteiger partial charge on any atom is -0.462 e. The van der Waals surface area contributed by atoms with E-state index in [9.17, 15) is 14.4 Å². The van der Waals surface area contributed by atoms with Gasteiger partial charge in [-0.05, 0) is 96.3 Å². The summed E-state index contributed by atoms with van der Waals surface area (Å²) in [4.78, 5) is 38.3. The van der Waals surface area contributed by atoms with Gasteiger partial charge < -0.3 is 14.2 Å². The molecule has 0 amide bonds. The maximum atomic E-state index is 12.9. The Bertz CT molecular complexity index is 1250. The van der Waals surface area contributed by atoms with Gasteiger partial charge in [0, 0.05) is 19.3 Å². The number of rotatable bonds is 58. The zero-order valence-electron chi connectivity index (χ0n) is 48.2. The van der Waals surface area contributed by atoms with Crippen molar-refractivity contribution in [2.75, 3.05) is 13.2 Å². The Hall–Kier alpha value is -2.63. The van der Waals surface area contributed by atoms with Crippen molar-refractivity contribution in [1.29, 1.82) is 0 Å². The van der Waals surface area contributed by atoms with Crippen LogP contribution in [0.4, 0.5) is 0 Å². The molecule has 420 valence electrons. The molecule has 0 aromatic rings. The molecule has 0 aliphatic heterocycles. The molecule has 1 unspecified atom stereocenters. The molecule has 0 spiro atoms. The van der Waals surface area contributed by atoms with E-state index in [0.29, 0.717) is 19.3 Å². The summed E-state index contributed by atoms with van der Waals surface area (Å²) in [5, 5.41) is 0. The highest BCUT2D eigenvalue weighted by molar-refractivity contribution is 5.71. The van der Waals surface area contributed by atoms with Crippen molar-refractivity contribution in [2.24, 2.45) is 0 Å². The van der Waals surface area contributed by atoms with Gasteiger partial charge in [-0.2, -0.15) is 0 Å². The van der Waals surface area contributed by atoms with Crippen molar-refractivity contribution >= 4 is 17.9 Å². The average Bonchev–Trinajstić information content (AvgIpc) is 3.38. The van der Waals surface area contributed by atoms with Crippen molar-refractivity contribution in [1.82, 2.24) is 0 Å². The highest BCUT2D eigenvalue weighted by Gasteiger charge is 2.19. The fraction of sp³-hybridized carbons (Fsp3) is 0.833. The van der Waals surface area contributed by atoms with Gasteiger partial charge in [0.1, 0.15) is 13.2 Å².